The zero-order chi connectivity index (χ0) is 16.2. The Balaban J connectivity index is 4.87. The van der Waals surface area contributed by atoms with Gasteiger partial charge in [0.05, 0.1) is 18.8 Å². The molecule has 0 radical (unpaired) electrons. The van der Waals surface area contributed by atoms with Gasteiger partial charge in [0.1, 0.15) is 0 Å². The highest BCUT2D eigenvalue weighted by Gasteiger charge is 2.32. The highest BCUT2D eigenvalue weighted by molar-refractivity contribution is 6.70. The topological polar surface area (TPSA) is 27.7 Å². The van der Waals surface area contributed by atoms with Gasteiger partial charge in [0, 0.05) is 0 Å². The molecular formula is C14H36O3Si3. The molecule has 122 valence electrons. The molecule has 0 N–H and O–H groups in total. The third-order valence-electron chi connectivity index (χ3n) is 2.51. The van der Waals surface area contributed by atoms with E-state index in [9.17, 15) is 0 Å². The zero-order valence-corrected chi connectivity index (χ0v) is 18.3. The van der Waals surface area contributed by atoms with E-state index in [1.165, 1.54) is 0 Å². The molecule has 0 aliphatic heterocycles. The Morgan fingerprint density at radius 1 is 0.650 bits per heavy atom. The van der Waals surface area contributed by atoms with E-state index in [2.05, 4.69) is 65.8 Å². The van der Waals surface area contributed by atoms with E-state index in [4.69, 9.17) is 13.3 Å². The van der Waals surface area contributed by atoms with Crippen LogP contribution in [0.5, 0.6) is 0 Å². The molecule has 0 aromatic heterocycles. The van der Waals surface area contributed by atoms with Crippen LogP contribution in [0.4, 0.5) is 0 Å². The summed E-state index contributed by atoms with van der Waals surface area (Å²) >= 11 is 0. The minimum absolute atomic E-state index is 0.0742. The van der Waals surface area contributed by atoms with Gasteiger partial charge in [-0.05, 0) is 65.3 Å². The molecule has 6 heteroatoms. The van der Waals surface area contributed by atoms with Gasteiger partial charge in [0.15, 0.2) is 25.0 Å². The normalized spacial score (nSPS) is 17.1. The summed E-state index contributed by atoms with van der Waals surface area (Å²) in [5.74, 6) is 0. The van der Waals surface area contributed by atoms with Crippen molar-refractivity contribution in [3.8, 4) is 0 Å². The van der Waals surface area contributed by atoms with Gasteiger partial charge in [-0.2, -0.15) is 0 Å². The van der Waals surface area contributed by atoms with Gasteiger partial charge in [-0.1, -0.05) is 6.92 Å². The van der Waals surface area contributed by atoms with Gasteiger partial charge in [-0.3, -0.25) is 0 Å². The summed E-state index contributed by atoms with van der Waals surface area (Å²) in [4.78, 5) is 0. The van der Waals surface area contributed by atoms with E-state index in [0.717, 1.165) is 6.42 Å². The zero-order valence-electron chi connectivity index (χ0n) is 15.3. The quantitative estimate of drug-likeness (QED) is 0.572. The molecule has 0 spiro atoms. The number of hydrogen-bond acceptors (Lipinski definition) is 3. The molecule has 2 unspecified atom stereocenters. The summed E-state index contributed by atoms with van der Waals surface area (Å²) in [5.41, 5.74) is 0. The predicted molar refractivity (Wildman–Crippen MR) is 96.0 cm³/mol. The van der Waals surface area contributed by atoms with E-state index in [-0.39, 0.29) is 12.2 Å². The first-order valence-corrected chi connectivity index (χ1v) is 18.0. The first kappa shape index (κ1) is 20.5. The largest absolute Gasteiger partial charge is 0.415 e. The van der Waals surface area contributed by atoms with E-state index in [1.807, 2.05) is 0 Å². The van der Waals surface area contributed by atoms with Crippen molar-refractivity contribution in [3.05, 3.63) is 0 Å². The Morgan fingerprint density at radius 3 is 1.35 bits per heavy atom. The fourth-order valence-corrected chi connectivity index (χ4v) is 4.90. The van der Waals surface area contributed by atoms with Gasteiger partial charge < -0.3 is 13.3 Å². The lowest BCUT2D eigenvalue weighted by atomic mass is 10.2. The molecule has 0 saturated heterocycles. The maximum absolute atomic E-state index is 6.37. The Bertz CT molecular complexity index is 277. The van der Waals surface area contributed by atoms with Crippen LogP contribution in [0.1, 0.15) is 13.3 Å². The lowest BCUT2D eigenvalue weighted by Gasteiger charge is -2.36. The molecule has 0 fully saturated rings. The first-order valence-electron chi connectivity index (χ1n) is 7.73. The molecule has 0 aliphatic rings. The molecule has 0 saturated carbocycles. The van der Waals surface area contributed by atoms with Crippen molar-refractivity contribution < 1.29 is 13.3 Å². The van der Waals surface area contributed by atoms with Crippen molar-refractivity contribution in [3.63, 3.8) is 0 Å². The molecule has 3 nitrogen and oxygen atoms in total. The minimum Gasteiger partial charge on any atom is -0.415 e. The Labute approximate surface area is 129 Å². The third kappa shape index (κ3) is 11.2. The highest BCUT2D eigenvalue weighted by atomic mass is 28.4. The summed E-state index contributed by atoms with van der Waals surface area (Å²) in [5, 5.41) is 0. The van der Waals surface area contributed by atoms with Crippen LogP contribution in [0, 0.1) is 0 Å². The van der Waals surface area contributed by atoms with Crippen LogP contribution in [0.2, 0.25) is 58.9 Å². The number of rotatable bonds is 9. The molecule has 0 rings (SSSR count). The van der Waals surface area contributed by atoms with Crippen LogP contribution >= 0.6 is 0 Å². The fraction of sp³-hybridized carbons (Fsp3) is 1.00. The van der Waals surface area contributed by atoms with Crippen molar-refractivity contribution in [2.45, 2.75) is 84.5 Å². The SMILES string of the molecule is CCC(O[Si](C)(C)C)C(CO[Si](C)(C)C)O[Si](C)(C)C. The van der Waals surface area contributed by atoms with Crippen LogP contribution in [0.15, 0.2) is 0 Å². The molecule has 0 heterocycles. The second-order valence-corrected chi connectivity index (χ2v) is 21.8. The number of hydrogen-bond donors (Lipinski definition) is 0. The second kappa shape index (κ2) is 7.69. The predicted octanol–water partition coefficient (Wildman–Crippen LogP) is 4.69. The van der Waals surface area contributed by atoms with E-state index >= 15 is 0 Å². The maximum Gasteiger partial charge on any atom is 0.184 e. The standard InChI is InChI=1S/C14H36O3Si3/c1-11-13(16-19(5,6)7)14(17-20(8,9)10)12-15-18(2,3)4/h13-14H,11-12H2,1-10H3. The summed E-state index contributed by atoms with van der Waals surface area (Å²) < 4.78 is 18.8. The monoisotopic (exact) mass is 336 g/mol. The molecule has 0 aromatic rings. The van der Waals surface area contributed by atoms with Crippen LogP contribution in [0.25, 0.3) is 0 Å². The van der Waals surface area contributed by atoms with Crippen LogP contribution in [-0.4, -0.2) is 43.8 Å². The Hall–Kier alpha value is 0.531. The molecule has 0 bridgehead atoms. The van der Waals surface area contributed by atoms with E-state index in [0.29, 0.717) is 6.61 Å². The maximum atomic E-state index is 6.37. The third-order valence-corrected chi connectivity index (χ3v) is 5.56. The van der Waals surface area contributed by atoms with E-state index < -0.39 is 25.0 Å². The summed E-state index contributed by atoms with van der Waals surface area (Å²) in [6.45, 7) is 22.9. The van der Waals surface area contributed by atoms with Crippen molar-refractivity contribution in [2.24, 2.45) is 0 Å². The average molecular weight is 337 g/mol. The van der Waals surface area contributed by atoms with Crippen molar-refractivity contribution in [1.29, 1.82) is 0 Å². The summed E-state index contributed by atoms with van der Waals surface area (Å²) in [6, 6.07) is 0. The minimum atomic E-state index is -1.60. The Kier molecular flexibility index (Phi) is 7.89. The van der Waals surface area contributed by atoms with Gasteiger partial charge in [0.25, 0.3) is 0 Å². The van der Waals surface area contributed by atoms with Crippen molar-refractivity contribution >= 4 is 25.0 Å². The van der Waals surface area contributed by atoms with Gasteiger partial charge in [-0.15, -0.1) is 0 Å². The van der Waals surface area contributed by atoms with E-state index in [1.54, 1.807) is 0 Å². The molecule has 20 heavy (non-hydrogen) atoms. The Morgan fingerprint density at radius 2 is 1.05 bits per heavy atom. The molecule has 0 aromatic carbocycles. The lowest BCUT2D eigenvalue weighted by Crippen LogP contribution is -2.47. The van der Waals surface area contributed by atoms with Gasteiger partial charge >= 0.3 is 0 Å². The van der Waals surface area contributed by atoms with Crippen LogP contribution in [0.3, 0.4) is 0 Å². The summed E-state index contributed by atoms with van der Waals surface area (Å²) in [6.07, 6.45) is 1.21. The van der Waals surface area contributed by atoms with Crippen LogP contribution < -0.4 is 0 Å². The fourth-order valence-electron chi connectivity index (χ4n) is 1.88. The molecular weight excluding hydrogens is 300 g/mol. The smallest absolute Gasteiger partial charge is 0.184 e. The van der Waals surface area contributed by atoms with Crippen molar-refractivity contribution in [2.75, 3.05) is 6.61 Å². The average Bonchev–Trinajstić information content (AvgIpc) is 2.16. The first-order chi connectivity index (χ1) is 8.73. The van der Waals surface area contributed by atoms with Gasteiger partial charge in [0.2, 0.25) is 0 Å². The van der Waals surface area contributed by atoms with Crippen molar-refractivity contribution in [1.82, 2.24) is 0 Å². The highest BCUT2D eigenvalue weighted by Crippen LogP contribution is 2.20. The lowest BCUT2D eigenvalue weighted by molar-refractivity contribution is 0.0102. The second-order valence-electron chi connectivity index (χ2n) is 8.37. The van der Waals surface area contributed by atoms with Crippen LogP contribution in [-0.2, 0) is 13.3 Å². The molecule has 0 aliphatic carbocycles. The molecule has 0 amide bonds. The molecule has 2 atom stereocenters. The summed E-state index contributed by atoms with van der Waals surface area (Å²) in [7, 11) is -4.68. The van der Waals surface area contributed by atoms with Gasteiger partial charge in [-0.25, -0.2) is 0 Å².